The zero-order valence-electron chi connectivity index (χ0n) is 10.5. The smallest absolute Gasteiger partial charge is 0.236 e. The van der Waals surface area contributed by atoms with E-state index in [-0.39, 0.29) is 6.04 Å². The fraction of sp³-hybridized carbons (Fsp3) is 0.385. The molecule has 0 spiro atoms. The van der Waals surface area contributed by atoms with Gasteiger partial charge in [-0.2, -0.15) is 4.98 Å². The lowest BCUT2D eigenvalue weighted by atomic mass is 9.86. The zero-order chi connectivity index (χ0) is 13.5. The highest BCUT2D eigenvalue weighted by atomic mass is 35.5. The quantitative estimate of drug-likeness (QED) is 0.910. The molecule has 0 saturated carbocycles. The first-order valence-electron chi connectivity index (χ1n) is 6.03. The van der Waals surface area contributed by atoms with Crippen molar-refractivity contribution >= 4 is 11.6 Å². The molecule has 19 heavy (non-hydrogen) atoms. The van der Waals surface area contributed by atoms with Crippen LogP contribution in [0.25, 0.3) is 11.4 Å². The Bertz CT molecular complexity index is 601. The maximum absolute atomic E-state index is 6.04. The lowest BCUT2D eigenvalue weighted by Gasteiger charge is -2.21. The first-order chi connectivity index (χ1) is 9.09. The van der Waals surface area contributed by atoms with Gasteiger partial charge in [0.1, 0.15) is 0 Å². The molecule has 1 aliphatic heterocycles. The Kier molecular flexibility index (Phi) is 3.05. The van der Waals surface area contributed by atoms with Gasteiger partial charge in [0.2, 0.25) is 11.7 Å². The van der Waals surface area contributed by atoms with Gasteiger partial charge < -0.3 is 15.0 Å². The molecule has 1 saturated heterocycles. The lowest BCUT2D eigenvalue weighted by Crippen LogP contribution is -2.42. The number of ether oxygens (including phenoxy) is 1. The molecule has 0 aliphatic carbocycles. The van der Waals surface area contributed by atoms with Gasteiger partial charge in [0, 0.05) is 16.6 Å². The largest absolute Gasteiger partial charge is 0.379 e. The molecular formula is C13H14ClN3O2. The SMILES string of the molecule is CC1(c2nc(-c3cccc(Cl)c3)no2)COCC1N. The van der Waals surface area contributed by atoms with E-state index in [4.69, 9.17) is 26.6 Å². The minimum atomic E-state index is -0.427. The second kappa shape index (κ2) is 4.59. The first-order valence-corrected chi connectivity index (χ1v) is 6.41. The van der Waals surface area contributed by atoms with Gasteiger partial charge in [-0.05, 0) is 19.1 Å². The molecule has 1 aliphatic rings. The average Bonchev–Trinajstić information content (AvgIpc) is 2.99. The van der Waals surface area contributed by atoms with Crippen molar-refractivity contribution in [1.82, 2.24) is 10.1 Å². The van der Waals surface area contributed by atoms with Gasteiger partial charge >= 0.3 is 0 Å². The molecule has 2 unspecified atom stereocenters. The second-order valence-corrected chi connectivity index (χ2v) is 5.41. The topological polar surface area (TPSA) is 74.2 Å². The third-order valence-corrected chi connectivity index (χ3v) is 3.75. The highest BCUT2D eigenvalue weighted by Crippen LogP contribution is 2.32. The number of hydrogen-bond donors (Lipinski definition) is 1. The van der Waals surface area contributed by atoms with Crippen molar-refractivity contribution in [3.05, 3.63) is 35.2 Å². The maximum Gasteiger partial charge on any atom is 0.236 e. The Labute approximate surface area is 115 Å². The molecule has 6 heteroatoms. The van der Waals surface area contributed by atoms with Crippen LogP contribution in [0.3, 0.4) is 0 Å². The van der Waals surface area contributed by atoms with Crippen LogP contribution in [0.2, 0.25) is 5.02 Å². The van der Waals surface area contributed by atoms with E-state index in [1.165, 1.54) is 0 Å². The van der Waals surface area contributed by atoms with Crippen molar-refractivity contribution in [3.8, 4) is 11.4 Å². The standard InChI is InChI=1S/C13H14ClN3O2/c1-13(7-18-6-10(13)15)12-16-11(17-19-12)8-3-2-4-9(14)5-8/h2-5,10H,6-7,15H2,1H3. The number of nitrogens with zero attached hydrogens (tertiary/aromatic N) is 2. The molecule has 2 heterocycles. The summed E-state index contributed by atoms with van der Waals surface area (Å²) in [6.45, 7) is 2.97. The Balaban J connectivity index is 1.96. The van der Waals surface area contributed by atoms with Crippen LogP contribution in [0, 0.1) is 0 Å². The molecule has 5 nitrogen and oxygen atoms in total. The Hall–Kier alpha value is -1.43. The van der Waals surface area contributed by atoms with E-state index in [0.29, 0.717) is 30.0 Å². The summed E-state index contributed by atoms with van der Waals surface area (Å²) < 4.78 is 10.7. The molecule has 100 valence electrons. The molecule has 2 N–H and O–H groups in total. The first kappa shape index (κ1) is 12.6. The van der Waals surface area contributed by atoms with E-state index < -0.39 is 5.41 Å². The minimum absolute atomic E-state index is 0.139. The normalized spacial score (nSPS) is 26.8. The molecule has 1 aromatic carbocycles. The summed E-state index contributed by atoms with van der Waals surface area (Å²) >= 11 is 5.95. The van der Waals surface area contributed by atoms with Crippen LogP contribution < -0.4 is 5.73 Å². The van der Waals surface area contributed by atoms with Gasteiger partial charge in [0.05, 0.1) is 18.6 Å². The third-order valence-electron chi connectivity index (χ3n) is 3.52. The number of halogens is 1. The van der Waals surface area contributed by atoms with Crippen molar-refractivity contribution in [2.45, 2.75) is 18.4 Å². The Morgan fingerprint density at radius 1 is 1.47 bits per heavy atom. The summed E-state index contributed by atoms with van der Waals surface area (Å²) in [7, 11) is 0. The molecule has 0 amide bonds. The summed E-state index contributed by atoms with van der Waals surface area (Å²) in [5, 5.41) is 4.63. The van der Waals surface area contributed by atoms with Crippen molar-refractivity contribution in [1.29, 1.82) is 0 Å². The van der Waals surface area contributed by atoms with Gasteiger partial charge in [-0.3, -0.25) is 0 Å². The van der Waals surface area contributed by atoms with E-state index in [2.05, 4.69) is 10.1 Å². The Morgan fingerprint density at radius 2 is 2.32 bits per heavy atom. The van der Waals surface area contributed by atoms with Crippen LogP contribution in [0.1, 0.15) is 12.8 Å². The van der Waals surface area contributed by atoms with Gasteiger partial charge in [0.25, 0.3) is 0 Å². The number of aromatic nitrogens is 2. The zero-order valence-corrected chi connectivity index (χ0v) is 11.2. The number of benzene rings is 1. The highest BCUT2D eigenvalue weighted by molar-refractivity contribution is 6.30. The van der Waals surface area contributed by atoms with Crippen molar-refractivity contribution in [2.75, 3.05) is 13.2 Å². The lowest BCUT2D eigenvalue weighted by molar-refractivity contribution is 0.169. The molecule has 0 radical (unpaired) electrons. The van der Waals surface area contributed by atoms with Gasteiger partial charge in [-0.25, -0.2) is 0 Å². The molecular weight excluding hydrogens is 266 g/mol. The van der Waals surface area contributed by atoms with Crippen LogP contribution in [-0.4, -0.2) is 29.4 Å². The molecule has 1 aromatic heterocycles. The van der Waals surface area contributed by atoms with Crippen molar-refractivity contribution < 1.29 is 9.26 Å². The summed E-state index contributed by atoms with van der Waals surface area (Å²) in [5.41, 5.74) is 6.43. The summed E-state index contributed by atoms with van der Waals surface area (Å²) in [4.78, 5) is 4.43. The van der Waals surface area contributed by atoms with E-state index >= 15 is 0 Å². The van der Waals surface area contributed by atoms with Crippen molar-refractivity contribution in [3.63, 3.8) is 0 Å². The van der Waals surface area contributed by atoms with Crippen LogP contribution in [-0.2, 0) is 10.2 Å². The van der Waals surface area contributed by atoms with Gasteiger partial charge in [-0.15, -0.1) is 0 Å². The van der Waals surface area contributed by atoms with Crippen LogP contribution in [0.4, 0.5) is 0 Å². The summed E-state index contributed by atoms with van der Waals surface area (Å²) in [6.07, 6.45) is 0. The molecule has 0 bridgehead atoms. The molecule has 2 aromatic rings. The highest BCUT2D eigenvalue weighted by Gasteiger charge is 2.44. The van der Waals surface area contributed by atoms with Crippen LogP contribution in [0.5, 0.6) is 0 Å². The molecule has 1 fully saturated rings. The second-order valence-electron chi connectivity index (χ2n) is 4.97. The van der Waals surface area contributed by atoms with Crippen molar-refractivity contribution in [2.24, 2.45) is 5.73 Å². The molecule has 3 rings (SSSR count). The summed E-state index contributed by atoms with van der Waals surface area (Å²) in [5.74, 6) is 1.02. The fourth-order valence-corrected chi connectivity index (χ4v) is 2.30. The number of nitrogens with two attached hydrogens (primary N) is 1. The molecule has 2 atom stereocenters. The van der Waals surface area contributed by atoms with Crippen LogP contribution >= 0.6 is 11.6 Å². The summed E-state index contributed by atoms with van der Waals surface area (Å²) in [6, 6.07) is 7.19. The maximum atomic E-state index is 6.04. The van der Waals surface area contributed by atoms with Crippen LogP contribution in [0.15, 0.2) is 28.8 Å². The Morgan fingerprint density at radius 3 is 3.00 bits per heavy atom. The van der Waals surface area contributed by atoms with E-state index in [1.807, 2.05) is 19.1 Å². The fourth-order valence-electron chi connectivity index (χ4n) is 2.11. The predicted octanol–water partition coefficient (Wildman–Crippen LogP) is 2.01. The minimum Gasteiger partial charge on any atom is -0.379 e. The van der Waals surface area contributed by atoms with Gasteiger partial charge in [-0.1, -0.05) is 28.9 Å². The average molecular weight is 280 g/mol. The van der Waals surface area contributed by atoms with E-state index in [9.17, 15) is 0 Å². The number of hydrogen-bond acceptors (Lipinski definition) is 5. The monoisotopic (exact) mass is 279 g/mol. The number of rotatable bonds is 2. The van der Waals surface area contributed by atoms with Gasteiger partial charge in [0.15, 0.2) is 0 Å². The predicted molar refractivity (Wildman–Crippen MR) is 70.9 cm³/mol. The van der Waals surface area contributed by atoms with E-state index in [1.54, 1.807) is 12.1 Å². The van der Waals surface area contributed by atoms with E-state index in [0.717, 1.165) is 5.56 Å². The third kappa shape index (κ3) is 2.14.